The fraction of sp³-hybridized carbons (Fsp3) is 0.526. The second kappa shape index (κ2) is 21.1. The van der Waals surface area contributed by atoms with Crippen molar-refractivity contribution in [3.63, 3.8) is 0 Å². The van der Waals surface area contributed by atoms with Crippen LogP contribution in [0.4, 0.5) is 0 Å². The quantitative estimate of drug-likeness (QED) is 0.108. The molecule has 0 fully saturated rings. The molecule has 0 N–H and O–H groups in total. The summed E-state index contributed by atoms with van der Waals surface area (Å²) in [5, 5.41) is 6.00. The minimum Gasteiger partial charge on any atom is -1.00 e. The van der Waals surface area contributed by atoms with Crippen LogP contribution in [-0.2, 0) is 36.2 Å². The third kappa shape index (κ3) is 12.0. The maximum atomic E-state index is 2.36. The van der Waals surface area contributed by atoms with Crippen molar-refractivity contribution < 1.29 is 48.1 Å². The Kier molecular flexibility index (Phi) is 20.8. The van der Waals surface area contributed by atoms with Crippen LogP contribution in [0.15, 0.2) is 36.4 Å². The van der Waals surface area contributed by atoms with E-state index in [4.69, 9.17) is 0 Å². The molecule has 4 heteroatoms. The number of rotatable bonds is 10. The van der Waals surface area contributed by atoms with E-state index in [9.17, 15) is 0 Å². The van der Waals surface area contributed by atoms with Crippen LogP contribution in [0.5, 0.6) is 0 Å². The summed E-state index contributed by atoms with van der Waals surface area (Å²) in [5.41, 5.74) is 12.0. The zero-order valence-corrected chi connectivity index (χ0v) is 33.3. The standard InChI is InChI=1S/2C18H25.C2H6Si.2ClH.Zr/c2*1-5-6-7-8-9-16-11-10-13(2)17-12-14(3)15(4)18(16)17;1-3-2;;;/h2*10-12H,5-9H2,1-4H3;1-2H3;2*1H;/q2*-1;;;;+2/p-2. The monoisotopic (exact) mass is 700 g/mol. The molecule has 0 unspecified atom stereocenters. The van der Waals surface area contributed by atoms with Crippen LogP contribution in [-0.4, -0.2) is 5.43 Å². The number of hydrogen-bond acceptors (Lipinski definition) is 0. The van der Waals surface area contributed by atoms with Crippen molar-refractivity contribution in [3.05, 3.63) is 80.9 Å². The van der Waals surface area contributed by atoms with E-state index in [-0.39, 0.29) is 30.2 Å². The summed E-state index contributed by atoms with van der Waals surface area (Å²) in [6.45, 7) is 22.6. The smallest absolute Gasteiger partial charge is 1.00 e. The minimum absolute atomic E-state index is 0. The summed E-state index contributed by atoms with van der Waals surface area (Å²) in [6.07, 6.45) is 13.2. The van der Waals surface area contributed by atoms with Gasteiger partial charge in [0.2, 0.25) is 0 Å². The summed E-state index contributed by atoms with van der Waals surface area (Å²) in [5.74, 6) is 0. The van der Waals surface area contributed by atoms with Gasteiger partial charge in [-0.3, -0.25) is 0 Å². The Morgan fingerprint density at radius 3 is 1.21 bits per heavy atom. The van der Waals surface area contributed by atoms with Gasteiger partial charge in [0.15, 0.2) is 0 Å². The summed E-state index contributed by atoms with van der Waals surface area (Å²) < 4.78 is 0. The van der Waals surface area contributed by atoms with E-state index in [1.807, 2.05) is 0 Å². The van der Waals surface area contributed by atoms with Crippen LogP contribution < -0.4 is 24.8 Å². The molecule has 42 heavy (non-hydrogen) atoms. The van der Waals surface area contributed by atoms with Crippen molar-refractivity contribution in [2.24, 2.45) is 0 Å². The molecule has 0 aliphatic rings. The fourth-order valence-corrected chi connectivity index (χ4v) is 5.74. The van der Waals surface area contributed by atoms with Crippen LogP contribution in [0.3, 0.4) is 0 Å². The molecular formula is C38H56Cl2SiZr-2. The molecule has 232 valence electrons. The van der Waals surface area contributed by atoms with Crippen LogP contribution >= 0.6 is 0 Å². The molecule has 0 aliphatic heterocycles. The van der Waals surface area contributed by atoms with Crippen molar-refractivity contribution in [3.8, 4) is 0 Å². The number of fused-ring (bicyclic) bond motifs is 2. The van der Waals surface area contributed by atoms with E-state index < -0.39 is 0 Å². The van der Waals surface area contributed by atoms with E-state index >= 15 is 0 Å². The first-order valence-corrected chi connectivity index (χ1v) is 22.0. The average molecular weight is 703 g/mol. The number of benzene rings is 2. The normalized spacial score (nSPS) is 10.4. The molecule has 0 aliphatic carbocycles. The third-order valence-electron chi connectivity index (χ3n) is 8.35. The summed E-state index contributed by atoms with van der Waals surface area (Å²) in [7, 11) is 0. The Bertz CT molecular complexity index is 1270. The van der Waals surface area contributed by atoms with E-state index in [2.05, 4.69) is 105 Å². The predicted molar refractivity (Wildman–Crippen MR) is 181 cm³/mol. The molecule has 0 saturated carbocycles. The molecule has 0 saturated heterocycles. The maximum Gasteiger partial charge on any atom is -1.00 e. The molecule has 0 spiro atoms. The second-order valence-electron chi connectivity index (χ2n) is 12.2. The zero-order chi connectivity index (χ0) is 29.8. The summed E-state index contributed by atoms with van der Waals surface area (Å²) in [4.78, 5) is 0. The number of hydrogen-bond donors (Lipinski definition) is 0. The van der Waals surface area contributed by atoms with Gasteiger partial charge in [-0.25, -0.2) is 0 Å². The molecule has 4 aromatic rings. The fourth-order valence-electron chi connectivity index (χ4n) is 5.74. The first kappa shape index (κ1) is 41.3. The Morgan fingerprint density at radius 2 is 0.905 bits per heavy atom. The maximum absolute atomic E-state index is 2.36. The summed E-state index contributed by atoms with van der Waals surface area (Å²) >= 11 is 1.74. The molecular weight excluding hydrogens is 647 g/mol. The number of unbranched alkanes of at least 4 members (excludes halogenated alkanes) is 6. The molecule has 0 amide bonds. The third-order valence-corrected chi connectivity index (χ3v) is 8.35. The van der Waals surface area contributed by atoms with Crippen molar-refractivity contribution >= 4 is 27.0 Å². The molecule has 0 bridgehead atoms. The Morgan fingerprint density at radius 1 is 0.571 bits per heavy atom. The number of halogens is 2. The van der Waals surface area contributed by atoms with Crippen molar-refractivity contribution in [1.29, 1.82) is 0 Å². The van der Waals surface area contributed by atoms with Gasteiger partial charge in [-0.2, -0.15) is 11.1 Å². The van der Waals surface area contributed by atoms with Gasteiger partial charge in [-0.05, 0) is 12.8 Å². The Balaban J connectivity index is 0.000000682. The van der Waals surface area contributed by atoms with Crippen LogP contribution in [0, 0.1) is 41.5 Å². The van der Waals surface area contributed by atoms with Crippen LogP contribution in [0.25, 0.3) is 21.5 Å². The molecule has 4 rings (SSSR count). The topological polar surface area (TPSA) is 0 Å². The molecule has 0 nitrogen and oxygen atoms in total. The van der Waals surface area contributed by atoms with Gasteiger partial charge in [0.25, 0.3) is 0 Å². The zero-order valence-electron chi connectivity index (χ0n) is 28.3. The molecule has 4 aromatic carbocycles. The van der Waals surface area contributed by atoms with Crippen LogP contribution in [0.1, 0.15) is 110 Å². The van der Waals surface area contributed by atoms with Gasteiger partial charge < -0.3 is 24.8 Å². The minimum atomic E-state index is 0. The van der Waals surface area contributed by atoms with Gasteiger partial charge >= 0.3 is 41.9 Å². The van der Waals surface area contributed by atoms with E-state index in [0.29, 0.717) is 0 Å². The van der Waals surface area contributed by atoms with Gasteiger partial charge in [0.05, 0.1) is 0 Å². The molecule has 0 atom stereocenters. The van der Waals surface area contributed by atoms with E-state index in [0.717, 1.165) is 0 Å². The Labute approximate surface area is 286 Å². The van der Waals surface area contributed by atoms with Gasteiger partial charge in [0.1, 0.15) is 0 Å². The predicted octanol–water partition coefficient (Wildman–Crippen LogP) is 6.01. The van der Waals surface area contributed by atoms with Crippen LogP contribution in [0.2, 0.25) is 13.1 Å². The SMILES string of the molecule is CCCCCCc1ccc(C)c2[cH-]c(C)c(C)c12.CCCCCCc1ccc(C)c2[cH-]c(C)c(C)c12.C[Si](C)=[Zr+2].[Cl-].[Cl-]. The first-order valence-electron chi connectivity index (χ1n) is 15.8. The van der Waals surface area contributed by atoms with E-state index in [1.54, 1.807) is 34.5 Å². The van der Waals surface area contributed by atoms with Gasteiger partial charge in [-0.1, -0.05) is 130 Å². The molecule has 0 radical (unpaired) electrons. The van der Waals surface area contributed by atoms with Gasteiger partial charge in [-0.15, -0.1) is 68.1 Å². The average Bonchev–Trinajstić information content (AvgIpc) is 3.38. The molecule has 0 aromatic heterocycles. The first-order chi connectivity index (χ1) is 19.0. The van der Waals surface area contributed by atoms with Gasteiger partial charge in [0, 0.05) is 0 Å². The molecule has 0 heterocycles. The second-order valence-corrected chi connectivity index (χ2v) is 21.6. The Hall–Kier alpha value is -0.660. The van der Waals surface area contributed by atoms with Crippen molar-refractivity contribution in [2.45, 2.75) is 133 Å². The van der Waals surface area contributed by atoms with Crippen molar-refractivity contribution in [2.75, 3.05) is 0 Å². The summed E-state index contributed by atoms with van der Waals surface area (Å²) in [6, 6.07) is 14.0. The van der Waals surface area contributed by atoms with E-state index in [1.165, 1.54) is 119 Å². The van der Waals surface area contributed by atoms with Crippen molar-refractivity contribution in [1.82, 2.24) is 0 Å². The largest absolute Gasteiger partial charge is 1.00 e. The number of aryl methyl sites for hydroxylation is 8.